The fraction of sp³-hybridized carbons (Fsp3) is 0.150. The first-order valence-corrected chi connectivity index (χ1v) is 11.4. The summed E-state index contributed by atoms with van der Waals surface area (Å²) >= 11 is 4.74. The zero-order valence-electron chi connectivity index (χ0n) is 15.0. The highest BCUT2D eigenvalue weighted by Gasteiger charge is 2.27. The molecule has 0 bridgehead atoms. The third-order valence-electron chi connectivity index (χ3n) is 4.54. The van der Waals surface area contributed by atoms with E-state index in [2.05, 4.69) is 25.6 Å². The van der Waals surface area contributed by atoms with Gasteiger partial charge in [-0.25, -0.2) is 4.98 Å². The molecule has 0 fully saturated rings. The number of nitrogens with zero attached hydrogens (tertiary/aromatic N) is 3. The number of thiazole rings is 1. The van der Waals surface area contributed by atoms with E-state index >= 15 is 0 Å². The molecule has 140 valence electrons. The van der Waals surface area contributed by atoms with E-state index in [0.717, 1.165) is 45.1 Å². The minimum Gasteiger partial charge on any atom is -0.321 e. The van der Waals surface area contributed by atoms with Crippen molar-refractivity contribution < 1.29 is 4.79 Å². The summed E-state index contributed by atoms with van der Waals surface area (Å²) in [5, 5.41) is 9.12. The van der Waals surface area contributed by atoms with Crippen molar-refractivity contribution in [3.8, 4) is 9.88 Å². The highest BCUT2D eigenvalue weighted by molar-refractivity contribution is 8.16. The molecule has 2 aromatic heterocycles. The Kier molecular flexibility index (Phi) is 4.54. The van der Waals surface area contributed by atoms with Crippen LogP contribution in [0.25, 0.3) is 15.6 Å². The normalized spacial score (nSPS) is 15.4. The lowest BCUT2D eigenvalue weighted by Gasteiger charge is -2.16. The number of thioether (sulfide) groups is 1. The van der Waals surface area contributed by atoms with Crippen molar-refractivity contribution in [2.24, 2.45) is 4.99 Å². The fourth-order valence-corrected chi connectivity index (χ4v) is 5.89. The predicted molar refractivity (Wildman–Crippen MR) is 119 cm³/mol. The van der Waals surface area contributed by atoms with Gasteiger partial charge in [-0.3, -0.25) is 9.79 Å². The maximum absolute atomic E-state index is 12.7. The summed E-state index contributed by atoms with van der Waals surface area (Å²) in [6.07, 6.45) is 0. The first kappa shape index (κ1) is 17.7. The largest absolute Gasteiger partial charge is 0.321 e. The van der Waals surface area contributed by atoms with E-state index < -0.39 is 0 Å². The average molecular weight is 425 g/mol. The zero-order valence-corrected chi connectivity index (χ0v) is 17.5. The van der Waals surface area contributed by atoms with Crippen LogP contribution in [0.15, 0.2) is 52.2 Å². The molecule has 0 radical (unpaired) electrons. The Morgan fingerprint density at radius 3 is 2.86 bits per heavy atom. The molecule has 0 unspecified atom stereocenters. The molecule has 8 heteroatoms. The summed E-state index contributed by atoms with van der Waals surface area (Å²) in [5.41, 5.74) is 3.85. The van der Waals surface area contributed by atoms with E-state index in [0.29, 0.717) is 4.88 Å². The minimum atomic E-state index is -0.116. The van der Waals surface area contributed by atoms with Crippen molar-refractivity contribution in [3.63, 3.8) is 0 Å². The Hall–Kier alpha value is -2.42. The van der Waals surface area contributed by atoms with Crippen LogP contribution in [0.2, 0.25) is 0 Å². The zero-order chi connectivity index (χ0) is 19.1. The van der Waals surface area contributed by atoms with Crippen molar-refractivity contribution in [1.82, 2.24) is 9.88 Å². The molecule has 0 saturated carbocycles. The number of benzene rings is 1. The van der Waals surface area contributed by atoms with Crippen molar-refractivity contribution in [2.75, 3.05) is 18.4 Å². The van der Waals surface area contributed by atoms with Crippen molar-refractivity contribution in [2.45, 2.75) is 6.92 Å². The standard InChI is InChI=1S/C20H16N4OS3/c1-12-17(28-19(22-12)16-3-2-10-26-16)18(25)23-14-6-4-13(5-7-14)15-11-27-20-21-8-9-24(15)20/h2-7,10-11H,8-9H2,1H3,(H,23,25). The van der Waals surface area contributed by atoms with E-state index in [1.807, 2.05) is 48.7 Å². The number of nitrogens with one attached hydrogen (secondary N) is 1. The van der Waals surface area contributed by atoms with Gasteiger partial charge >= 0.3 is 0 Å². The number of anilines is 1. The molecule has 5 rings (SSSR count). The summed E-state index contributed by atoms with van der Waals surface area (Å²) in [4.78, 5) is 25.8. The van der Waals surface area contributed by atoms with E-state index in [9.17, 15) is 4.79 Å². The molecule has 1 N–H and O–H groups in total. The van der Waals surface area contributed by atoms with Gasteiger partial charge in [0.05, 0.1) is 22.8 Å². The van der Waals surface area contributed by atoms with Crippen molar-refractivity contribution in [3.05, 3.63) is 63.3 Å². The van der Waals surface area contributed by atoms with Crippen molar-refractivity contribution >= 4 is 56.9 Å². The highest BCUT2D eigenvalue weighted by Crippen LogP contribution is 2.36. The number of amidine groups is 1. The summed E-state index contributed by atoms with van der Waals surface area (Å²) < 4.78 is 0. The maximum atomic E-state index is 12.7. The van der Waals surface area contributed by atoms with Gasteiger partial charge in [-0.1, -0.05) is 30.0 Å². The summed E-state index contributed by atoms with van der Waals surface area (Å²) in [5.74, 6) is -0.116. The van der Waals surface area contributed by atoms with Crippen LogP contribution < -0.4 is 5.32 Å². The van der Waals surface area contributed by atoms with Gasteiger partial charge in [0.25, 0.3) is 5.91 Å². The van der Waals surface area contributed by atoms with Crippen LogP contribution in [-0.2, 0) is 0 Å². The van der Waals surface area contributed by atoms with E-state index in [1.54, 1.807) is 23.1 Å². The number of aryl methyl sites for hydroxylation is 1. The molecular weight excluding hydrogens is 408 g/mol. The molecule has 1 amide bonds. The van der Waals surface area contributed by atoms with E-state index in [-0.39, 0.29) is 5.91 Å². The number of fused-ring (bicyclic) bond motifs is 1. The molecule has 2 aliphatic heterocycles. The molecule has 5 nitrogen and oxygen atoms in total. The van der Waals surface area contributed by atoms with Crippen molar-refractivity contribution in [1.29, 1.82) is 0 Å². The second-order valence-electron chi connectivity index (χ2n) is 6.38. The first-order chi connectivity index (χ1) is 13.7. The molecule has 4 heterocycles. The Labute approximate surface area is 174 Å². The van der Waals surface area contributed by atoms with Crippen LogP contribution in [-0.4, -0.2) is 34.0 Å². The fourth-order valence-electron chi connectivity index (χ4n) is 3.17. The number of thiophene rings is 1. The average Bonchev–Trinajstić information content (AvgIpc) is 3.46. The smallest absolute Gasteiger partial charge is 0.267 e. The molecule has 0 atom stereocenters. The Morgan fingerprint density at radius 2 is 2.07 bits per heavy atom. The Morgan fingerprint density at radius 1 is 1.21 bits per heavy atom. The van der Waals surface area contributed by atoms with Gasteiger partial charge in [0.2, 0.25) is 0 Å². The van der Waals surface area contributed by atoms with Gasteiger partial charge in [-0.2, -0.15) is 0 Å². The van der Waals surface area contributed by atoms with Gasteiger partial charge in [0.1, 0.15) is 9.88 Å². The summed E-state index contributed by atoms with van der Waals surface area (Å²) in [6, 6.07) is 12.0. The monoisotopic (exact) mass is 424 g/mol. The van der Waals surface area contributed by atoms with E-state index in [4.69, 9.17) is 0 Å². The molecular formula is C20H16N4OS3. The predicted octanol–water partition coefficient (Wildman–Crippen LogP) is 5.15. The van der Waals surface area contributed by atoms with Crippen LogP contribution in [0.5, 0.6) is 0 Å². The van der Waals surface area contributed by atoms with Crippen LogP contribution in [0.1, 0.15) is 20.9 Å². The minimum absolute atomic E-state index is 0.116. The number of rotatable bonds is 4. The molecule has 0 saturated heterocycles. The van der Waals surface area contributed by atoms with Crippen LogP contribution in [0, 0.1) is 6.92 Å². The van der Waals surface area contributed by atoms with Crippen LogP contribution in [0.4, 0.5) is 5.69 Å². The third kappa shape index (κ3) is 3.17. The number of aromatic nitrogens is 1. The topological polar surface area (TPSA) is 57.6 Å². The van der Waals surface area contributed by atoms with Gasteiger partial charge in [-0.05, 0) is 36.1 Å². The van der Waals surface area contributed by atoms with Gasteiger partial charge in [-0.15, -0.1) is 22.7 Å². The molecule has 1 aromatic carbocycles. The summed E-state index contributed by atoms with van der Waals surface area (Å²) in [7, 11) is 0. The van der Waals surface area contributed by atoms with Crippen LogP contribution in [0.3, 0.4) is 0 Å². The second kappa shape index (κ2) is 7.20. The molecule has 3 aromatic rings. The molecule has 2 aliphatic rings. The highest BCUT2D eigenvalue weighted by atomic mass is 32.2. The number of carbonyl (C=O) groups excluding carboxylic acids is 1. The lowest BCUT2D eigenvalue weighted by Crippen LogP contribution is -2.19. The quantitative estimate of drug-likeness (QED) is 0.629. The number of hydrogen-bond donors (Lipinski definition) is 1. The molecule has 0 aliphatic carbocycles. The number of carbonyl (C=O) groups is 1. The second-order valence-corrected chi connectivity index (χ2v) is 9.16. The van der Waals surface area contributed by atoms with Gasteiger partial charge in [0, 0.05) is 17.6 Å². The van der Waals surface area contributed by atoms with Crippen LogP contribution >= 0.6 is 34.4 Å². The lowest BCUT2D eigenvalue weighted by molar-refractivity contribution is 0.103. The summed E-state index contributed by atoms with van der Waals surface area (Å²) in [6.45, 7) is 3.67. The lowest BCUT2D eigenvalue weighted by atomic mass is 10.1. The maximum Gasteiger partial charge on any atom is 0.267 e. The SMILES string of the molecule is Cc1nc(-c2cccs2)sc1C(=O)Nc1ccc(C2=CSC3=NCCN23)cc1. The first-order valence-electron chi connectivity index (χ1n) is 8.81. The third-order valence-corrected chi connectivity index (χ3v) is 7.64. The number of hydrogen-bond acceptors (Lipinski definition) is 7. The van der Waals surface area contributed by atoms with Gasteiger partial charge in [0.15, 0.2) is 5.17 Å². The Bertz CT molecular complexity index is 1100. The molecule has 0 spiro atoms. The van der Waals surface area contributed by atoms with E-state index in [1.165, 1.54) is 17.0 Å². The Balaban J connectivity index is 1.31. The number of amides is 1. The van der Waals surface area contributed by atoms with Gasteiger partial charge < -0.3 is 10.2 Å². The number of aliphatic imine (C=N–C) groups is 1. The molecule has 28 heavy (non-hydrogen) atoms.